The number of aliphatic imine (C=N–C) groups is 1. The fourth-order valence-electron chi connectivity index (χ4n) is 2.09. The molecule has 5 nitrogen and oxygen atoms in total. The van der Waals surface area contributed by atoms with Crippen molar-refractivity contribution in [3.63, 3.8) is 0 Å². The third-order valence-corrected chi connectivity index (χ3v) is 3.99. The third-order valence-electron chi connectivity index (χ3n) is 3.14. The molecule has 0 atom stereocenters. The Morgan fingerprint density at radius 2 is 2.18 bits per heavy atom. The number of esters is 1. The second kappa shape index (κ2) is 5.57. The zero-order valence-electron chi connectivity index (χ0n) is 11.6. The van der Waals surface area contributed by atoms with Crippen LogP contribution in [-0.2, 0) is 9.53 Å². The molecule has 0 amide bonds. The number of ether oxygens (including phenoxy) is 1. The predicted octanol–water partition coefficient (Wildman–Crippen LogP) is 3.10. The average molecular weight is 313 g/mol. The lowest BCUT2D eigenvalue weighted by molar-refractivity contribution is -0.129. The molecule has 2 aromatic rings. The Hall–Kier alpha value is -2.73. The normalized spacial score (nSPS) is 15.8. The number of aromatic carboxylic acids is 1. The fourth-order valence-corrected chi connectivity index (χ4v) is 2.74. The van der Waals surface area contributed by atoms with Gasteiger partial charge in [0.25, 0.3) is 0 Å². The molecule has 1 N–H and O–H groups in total. The molecular weight excluding hydrogens is 302 g/mol. The molecule has 0 aliphatic carbocycles. The Bertz CT molecular complexity index is 819. The van der Waals surface area contributed by atoms with Gasteiger partial charge in [-0.25, -0.2) is 14.6 Å². The molecule has 0 saturated heterocycles. The topological polar surface area (TPSA) is 76.0 Å². The summed E-state index contributed by atoms with van der Waals surface area (Å²) in [5.74, 6) is -1.19. The van der Waals surface area contributed by atoms with Gasteiger partial charge in [0.2, 0.25) is 5.90 Å². The van der Waals surface area contributed by atoms with Crippen LogP contribution in [0.1, 0.15) is 26.4 Å². The van der Waals surface area contributed by atoms with E-state index in [0.29, 0.717) is 17.0 Å². The van der Waals surface area contributed by atoms with E-state index < -0.39 is 11.9 Å². The maximum absolute atomic E-state index is 11.8. The van der Waals surface area contributed by atoms with E-state index in [2.05, 4.69) is 4.99 Å². The summed E-state index contributed by atoms with van der Waals surface area (Å²) in [6.45, 7) is 1.71. The highest BCUT2D eigenvalue weighted by Gasteiger charge is 2.24. The summed E-state index contributed by atoms with van der Waals surface area (Å²) in [5.41, 5.74) is 1.76. The Balaban J connectivity index is 1.93. The fraction of sp³-hybridized carbons (Fsp3) is 0.0625. The van der Waals surface area contributed by atoms with Gasteiger partial charge in [-0.05, 0) is 41.6 Å². The monoisotopic (exact) mass is 313 g/mol. The lowest BCUT2D eigenvalue weighted by Crippen LogP contribution is -2.03. The minimum atomic E-state index is -0.977. The number of carbonyl (C=O) groups excluding carboxylic acids is 1. The van der Waals surface area contributed by atoms with E-state index in [1.165, 1.54) is 17.4 Å². The molecule has 110 valence electrons. The van der Waals surface area contributed by atoms with Gasteiger partial charge in [0, 0.05) is 0 Å². The van der Waals surface area contributed by atoms with Crippen molar-refractivity contribution in [2.24, 2.45) is 4.99 Å². The van der Waals surface area contributed by atoms with Gasteiger partial charge in [-0.1, -0.05) is 18.2 Å². The lowest BCUT2D eigenvalue weighted by Gasteiger charge is -2.01. The van der Waals surface area contributed by atoms with Crippen molar-refractivity contribution < 1.29 is 19.4 Å². The lowest BCUT2D eigenvalue weighted by atomic mass is 10.0. The number of nitrogens with zero attached hydrogens (tertiary/aromatic N) is 1. The molecule has 1 aliphatic heterocycles. The smallest absolute Gasteiger partial charge is 0.363 e. The molecule has 22 heavy (non-hydrogen) atoms. The second-order valence-corrected chi connectivity index (χ2v) is 5.64. The Labute approximate surface area is 130 Å². The van der Waals surface area contributed by atoms with Crippen LogP contribution in [0.2, 0.25) is 0 Å². The van der Waals surface area contributed by atoms with Gasteiger partial charge < -0.3 is 9.84 Å². The predicted molar refractivity (Wildman–Crippen MR) is 83.1 cm³/mol. The first-order valence-corrected chi connectivity index (χ1v) is 7.33. The highest BCUT2D eigenvalue weighted by Crippen LogP contribution is 2.22. The number of hydrogen-bond acceptors (Lipinski definition) is 5. The number of aryl methyl sites for hydroxylation is 1. The van der Waals surface area contributed by atoms with Crippen LogP contribution in [0.4, 0.5) is 0 Å². The van der Waals surface area contributed by atoms with Gasteiger partial charge in [0.15, 0.2) is 5.70 Å². The molecule has 1 aromatic heterocycles. The van der Waals surface area contributed by atoms with Crippen LogP contribution in [0.25, 0.3) is 6.08 Å². The second-order valence-electron chi connectivity index (χ2n) is 4.69. The van der Waals surface area contributed by atoms with Crippen molar-refractivity contribution in [2.45, 2.75) is 6.92 Å². The van der Waals surface area contributed by atoms with Crippen molar-refractivity contribution in [2.75, 3.05) is 0 Å². The largest absolute Gasteiger partial charge is 0.478 e. The first-order chi connectivity index (χ1) is 10.5. The van der Waals surface area contributed by atoms with Crippen molar-refractivity contribution in [3.05, 3.63) is 63.0 Å². The standard InChI is InChI=1S/C16H11NO4S/c1-9-7-10(4-5-11(9)15(18)19)8-12-16(20)21-14(17-12)13-3-2-6-22-13/h2-8H,1H3,(H,18,19)/b12-8+. The van der Waals surface area contributed by atoms with Gasteiger partial charge in [0.05, 0.1) is 10.4 Å². The summed E-state index contributed by atoms with van der Waals surface area (Å²) in [4.78, 5) is 27.8. The summed E-state index contributed by atoms with van der Waals surface area (Å²) < 4.78 is 5.14. The van der Waals surface area contributed by atoms with E-state index in [0.717, 1.165) is 4.88 Å². The number of rotatable bonds is 3. The Kier molecular flexibility index (Phi) is 3.60. The summed E-state index contributed by atoms with van der Waals surface area (Å²) >= 11 is 1.44. The van der Waals surface area contributed by atoms with Crippen LogP contribution >= 0.6 is 11.3 Å². The number of hydrogen-bond donors (Lipinski definition) is 1. The number of carboxylic acids is 1. The SMILES string of the molecule is Cc1cc(/C=C2/N=C(c3cccs3)OC2=O)ccc1C(=O)O. The van der Waals surface area contributed by atoms with Gasteiger partial charge in [-0.2, -0.15) is 0 Å². The van der Waals surface area contributed by atoms with Gasteiger partial charge in [-0.15, -0.1) is 11.3 Å². The van der Waals surface area contributed by atoms with E-state index in [1.807, 2.05) is 17.5 Å². The minimum Gasteiger partial charge on any atom is -0.478 e. The van der Waals surface area contributed by atoms with Crippen LogP contribution in [0, 0.1) is 6.92 Å². The average Bonchev–Trinajstić information content (AvgIpc) is 3.09. The number of cyclic esters (lactones) is 1. The molecule has 0 radical (unpaired) electrons. The van der Waals surface area contributed by atoms with Crippen LogP contribution in [0.5, 0.6) is 0 Å². The van der Waals surface area contributed by atoms with E-state index in [1.54, 1.807) is 25.1 Å². The van der Waals surface area contributed by atoms with E-state index in [4.69, 9.17) is 9.84 Å². The number of benzene rings is 1. The van der Waals surface area contributed by atoms with E-state index in [9.17, 15) is 9.59 Å². The van der Waals surface area contributed by atoms with Crippen LogP contribution in [0.15, 0.2) is 46.4 Å². The van der Waals surface area contributed by atoms with Crippen molar-refractivity contribution in [3.8, 4) is 0 Å². The van der Waals surface area contributed by atoms with Crippen molar-refractivity contribution in [1.82, 2.24) is 0 Å². The highest BCUT2D eigenvalue weighted by atomic mass is 32.1. The summed E-state index contributed by atoms with van der Waals surface area (Å²) in [5, 5.41) is 10.9. The summed E-state index contributed by atoms with van der Waals surface area (Å²) in [7, 11) is 0. The molecule has 0 unspecified atom stereocenters. The van der Waals surface area contributed by atoms with Crippen LogP contribution < -0.4 is 0 Å². The molecule has 0 fully saturated rings. The Morgan fingerprint density at radius 1 is 1.36 bits per heavy atom. The number of carbonyl (C=O) groups is 2. The molecule has 0 spiro atoms. The molecule has 0 bridgehead atoms. The van der Waals surface area contributed by atoms with Gasteiger partial charge >= 0.3 is 11.9 Å². The quantitative estimate of drug-likeness (QED) is 0.698. The minimum absolute atomic E-state index is 0.200. The van der Waals surface area contributed by atoms with E-state index in [-0.39, 0.29) is 11.3 Å². The maximum Gasteiger partial charge on any atom is 0.363 e. The first kappa shape index (κ1) is 14.2. The Morgan fingerprint density at radius 3 is 2.82 bits per heavy atom. The molecule has 1 aliphatic rings. The van der Waals surface area contributed by atoms with Crippen LogP contribution in [-0.4, -0.2) is 22.9 Å². The summed E-state index contributed by atoms with van der Waals surface area (Å²) in [6.07, 6.45) is 1.58. The van der Waals surface area contributed by atoms with E-state index >= 15 is 0 Å². The molecule has 3 rings (SSSR count). The summed E-state index contributed by atoms with van der Waals surface area (Å²) in [6, 6.07) is 8.52. The molecule has 0 saturated carbocycles. The zero-order chi connectivity index (χ0) is 15.7. The van der Waals surface area contributed by atoms with Crippen LogP contribution in [0.3, 0.4) is 0 Å². The molecule has 2 heterocycles. The molecule has 6 heteroatoms. The van der Waals surface area contributed by atoms with Gasteiger partial charge in [-0.3, -0.25) is 0 Å². The maximum atomic E-state index is 11.8. The van der Waals surface area contributed by atoms with Crippen molar-refractivity contribution in [1.29, 1.82) is 0 Å². The first-order valence-electron chi connectivity index (χ1n) is 6.45. The van der Waals surface area contributed by atoms with Gasteiger partial charge in [0.1, 0.15) is 0 Å². The zero-order valence-corrected chi connectivity index (χ0v) is 12.4. The third kappa shape index (κ3) is 2.68. The number of thiophene rings is 1. The molecular formula is C16H11NO4S. The molecule has 1 aromatic carbocycles. The van der Waals surface area contributed by atoms with Crippen molar-refractivity contribution >= 4 is 35.2 Å². The number of carboxylic acid groups (broad SMARTS) is 1. The highest BCUT2D eigenvalue weighted by molar-refractivity contribution is 7.12.